The summed E-state index contributed by atoms with van der Waals surface area (Å²) in [5.74, 6) is 0. The molecule has 0 aliphatic carbocycles. The number of amides is 2. The lowest BCUT2D eigenvalue weighted by Crippen LogP contribution is -2.49. The van der Waals surface area contributed by atoms with Crippen molar-refractivity contribution in [3.05, 3.63) is 34.4 Å². The largest absolute Gasteiger partial charge is 0.328 e. The summed E-state index contributed by atoms with van der Waals surface area (Å²) in [6, 6.07) is 5.83. The van der Waals surface area contributed by atoms with Gasteiger partial charge in [0.15, 0.2) is 0 Å². The minimum atomic E-state index is -0.473. The Kier molecular flexibility index (Phi) is 4.19. The normalized spacial score (nSPS) is 22.4. The highest BCUT2D eigenvalue weighted by Gasteiger charge is 2.26. The first-order valence-electron chi connectivity index (χ1n) is 6.55. The number of nitrogens with two attached hydrogens (primary N) is 1. The first-order valence-corrected chi connectivity index (χ1v) is 6.55. The Morgan fingerprint density at radius 3 is 2.65 bits per heavy atom. The Morgan fingerprint density at radius 2 is 2.10 bits per heavy atom. The predicted molar refractivity (Wildman–Crippen MR) is 75.5 cm³/mol. The van der Waals surface area contributed by atoms with E-state index < -0.39 is 4.92 Å². The van der Waals surface area contributed by atoms with Crippen LogP contribution in [0.1, 0.15) is 19.8 Å². The number of carbonyl (C=O) groups is 1. The van der Waals surface area contributed by atoms with Crippen molar-refractivity contribution in [1.82, 2.24) is 4.90 Å². The highest BCUT2D eigenvalue weighted by Crippen LogP contribution is 2.19. The first-order chi connectivity index (χ1) is 9.47. The van der Waals surface area contributed by atoms with Gasteiger partial charge in [-0.15, -0.1) is 0 Å². The number of hydrogen-bond donors (Lipinski definition) is 2. The molecule has 2 unspecified atom stereocenters. The summed E-state index contributed by atoms with van der Waals surface area (Å²) in [6.07, 6.45) is 1.58. The van der Waals surface area contributed by atoms with Gasteiger partial charge in [0, 0.05) is 36.4 Å². The van der Waals surface area contributed by atoms with Crippen LogP contribution in [0.2, 0.25) is 0 Å². The molecule has 7 nitrogen and oxygen atoms in total. The van der Waals surface area contributed by atoms with Crippen molar-refractivity contribution in [2.24, 2.45) is 5.73 Å². The maximum atomic E-state index is 12.1. The van der Waals surface area contributed by atoms with Gasteiger partial charge in [0.05, 0.1) is 4.92 Å². The lowest BCUT2D eigenvalue weighted by atomic mass is 10.00. The van der Waals surface area contributed by atoms with Crippen LogP contribution < -0.4 is 11.1 Å². The zero-order chi connectivity index (χ0) is 14.7. The van der Waals surface area contributed by atoms with Crippen LogP contribution in [-0.2, 0) is 0 Å². The minimum Gasteiger partial charge on any atom is -0.328 e. The lowest BCUT2D eigenvalue weighted by Gasteiger charge is -2.36. The maximum Gasteiger partial charge on any atom is 0.322 e. The van der Waals surface area contributed by atoms with Crippen molar-refractivity contribution < 1.29 is 9.72 Å². The van der Waals surface area contributed by atoms with Gasteiger partial charge in [0.1, 0.15) is 0 Å². The number of piperidine rings is 1. The number of urea groups is 1. The molecule has 1 aliphatic heterocycles. The number of nitro benzene ring substituents is 1. The maximum absolute atomic E-state index is 12.1. The zero-order valence-electron chi connectivity index (χ0n) is 11.3. The fraction of sp³-hybridized carbons (Fsp3) is 0.462. The topological polar surface area (TPSA) is 102 Å². The Balaban J connectivity index is 1.99. The standard InChI is InChI=1S/C13H18N4O3/c1-9-8-10(14)6-7-16(9)13(18)15-11-2-4-12(5-3-11)17(19)20/h2-5,9-10H,6-8,14H2,1H3,(H,15,18). The van der Waals surface area contributed by atoms with Gasteiger partial charge in [-0.2, -0.15) is 0 Å². The summed E-state index contributed by atoms with van der Waals surface area (Å²) in [4.78, 5) is 24.0. The number of nitrogens with zero attached hydrogens (tertiary/aromatic N) is 2. The van der Waals surface area contributed by atoms with E-state index in [-0.39, 0.29) is 23.8 Å². The molecule has 0 radical (unpaired) electrons. The number of likely N-dealkylation sites (tertiary alicyclic amines) is 1. The molecular formula is C13H18N4O3. The fourth-order valence-corrected chi connectivity index (χ4v) is 2.37. The third kappa shape index (κ3) is 3.24. The fourth-order valence-electron chi connectivity index (χ4n) is 2.37. The molecule has 7 heteroatoms. The number of hydrogen-bond acceptors (Lipinski definition) is 4. The summed E-state index contributed by atoms with van der Waals surface area (Å²) < 4.78 is 0. The molecule has 1 fully saturated rings. The van der Waals surface area contributed by atoms with Gasteiger partial charge in [-0.25, -0.2) is 4.79 Å². The molecule has 0 aromatic heterocycles. The summed E-state index contributed by atoms with van der Waals surface area (Å²) in [5, 5.41) is 13.3. The average molecular weight is 278 g/mol. The Hall–Kier alpha value is -2.15. The number of nitrogens with one attached hydrogen (secondary N) is 1. The van der Waals surface area contributed by atoms with Gasteiger partial charge in [0.25, 0.3) is 5.69 Å². The van der Waals surface area contributed by atoms with E-state index in [1.165, 1.54) is 24.3 Å². The molecule has 0 spiro atoms. The molecule has 20 heavy (non-hydrogen) atoms. The van der Waals surface area contributed by atoms with Crippen LogP contribution in [-0.4, -0.2) is 34.5 Å². The van der Waals surface area contributed by atoms with Crippen LogP contribution in [0.25, 0.3) is 0 Å². The van der Waals surface area contributed by atoms with E-state index >= 15 is 0 Å². The second-order valence-electron chi connectivity index (χ2n) is 5.06. The van der Waals surface area contributed by atoms with Crippen molar-refractivity contribution in [1.29, 1.82) is 0 Å². The summed E-state index contributed by atoms with van der Waals surface area (Å²) >= 11 is 0. The summed E-state index contributed by atoms with van der Waals surface area (Å²) in [6.45, 7) is 2.59. The third-order valence-corrected chi connectivity index (χ3v) is 3.51. The van der Waals surface area contributed by atoms with Crippen molar-refractivity contribution in [3.8, 4) is 0 Å². The number of anilines is 1. The predicted octanol–water partition coefficient (Wildman–Crippen LogP) is 1.94. The van der Waals surface area contributed by atoms with Gasteiger partial charge in [-0.1, -0.05) is 0 Å². The van der Waals surface area contributed by atoms with Crippen LogP contribution in [0.5, 0.6) is 0 Å². The summed E-state index contributed by atoms with van der Waals surface area (Å²) in [5.41, 5.74) is 6.41. The van der Waals surface area contributed by atoms with E-state index in [0.29, 0.717) is 12.2 Å². The van der Waals surface area contributed by atoms with E-state index in [0.717, 1.165) is 12.8 Å². The zero-order valence-corrected chi connectivity index (χ0v) is 11.3. The minimum absolute atomic E-state index is 0.000290. The highest BCUT2D eigenvalue weighted by atomic mass is 16.6. The van der Waals surface area contributed by atoms with Crippen LogP contribution in [0.3, 0.4) is 0 Å². The van der Waals surface area contributed by atoms with Gasteiger partial charge in [-0.3, -0.25) is 10.1 Å². The second-order valence-corrected chi connectivity index (χ2v) is 5.06. The molecular weight excluding hydrogens is 260 g/mol. The number of benzene rings is 1. The Morgan fingerprint density at radius 1 is 1.45 bits per heavy atom. The van der Waals surface area contributed by atoms with Crippen LogP contribution in [0, 0.1) is 10.1 Å². The van der Waals surface area contributed by atoms with Crippen LogP contribution >= 0.6 is 0 Å². The molecule has 1 saturated heterocycles. The molecule has 2 atom stereocenters. The lowest BCUT2D eigenvalue weighted by molar-refractivity contribution is -0.384. The smallest absolute Gasteiger partial charge is 0.322 e. The van der Waals surface area contributed by atoms with Gasteiger partial charge in [0.2, 0.25) is 0 Å². The van der Waals surface area contributed by atoms with E-state index in [9.17, 15) is 14.9 Å². The molecule has 0 bridgehead atoms. The second kappa shape index (κ2) is 5.87. The molecule has 108 valence electrons. The van der Waals surface area contributed by atoms with E-state index in [4.69, 9.17) is 5.73 Å². The Bertz CT molecular complexity index is 503. The SMILES string of the molecule is CC1CC(N)CCN1C(=O)Nc1ccc([N+](=O)[O-])cc1. The molecule has 2 rings (SSSR count). The highest BCUT2D eigenvalue weighted by molar-refractivity contribution is 5.89. The van der Waals surface area contributed by atoms with Crippen molar-refractivity contribution in [3.63, 3.8) is 0 Å². The molecule has 1 aromatic rings. The summed E-state index contributed by atoms with van der Waals surface area (Å²) in [7, 11) is 0. The van der Waals surface area contributed by atoms with Gasteiger partial charge in [-0.05, 0) is 31.9 Å². The first kappa shape index (κ1) is 14.3. The quantitative estimate of drug-likeness (QED) is 0.637. The number of carbonyl (C=O) groups excluding carboxylic acids is 1. The third-order valence-electron chi connectivity index (χ3n) is 3.51. The Labute approximate surface area is 116 Å². The van der Waals surface area contributed by atoms with Crippen LogP contribution in [0.4, 0.5) is 16.2 Å². The molecule has 2 amide bonds. The van der Waals surface area contributed by atoms with Crippen molar-refractivity contribution >= 4 is 17.4 Å². The van der Waals surface area contributed by atoms with E-state index in [1.54, 1.807) is 4.90 Å². The number of rotatable bonds is 2. The van der Waals surface area contributed by atoms with Crippen molar-refractivity contribution in [2.75, 3.05) is 11.9 Å². The molecule has 0 saturated carbocycles. The van der Waals surface area contributed by atoms with E-state index in [1.807, 2.05) is 6.92 Å². The monoisotopic (exact) mass is 278 g/mol. The van der Waals surface area contributed by atoms with E-state index in [2.05, 4.69) is 5.32 Å². The van der Waals surface area contributed by atoms with Gasteiger partial charge >= 0.3 is 6.03 Å². The molecule has 1 aromatic carbocycles. The number of nitro groups is 1. The molecule has 1 aliphatic rings. The molecule has 1 heterocycles. The number of non-ortho nitro benzene ring substituents is 1. The van der Waals surface area contributed by atoms with Gasteiger partial charge < -0.3 is 16.0 Å². The average Bonchev–Trinajstić information content (AvgIpc) is 2.39. The van der Waals surface area contributed by atoms with Crippen molar-refractivity contribution in [2.45, 2.75) is 31.8 Å². The van der Waals surface area contributed by atoms with Crippen LogP contribution in [0.15, 0.2) is 24.3 Å². The molecule has 3 N–H and O–H groups in total.